The van der Waals surface area contributed by atoms with Gasteiger partial charge in [-0.1, -0.05) is 19.4 Å². The first kappa shape index (κ1) is 15.2. The van der Waals surface area contributed by atoms with Gasteiger partial charge in [0.15, 0.2) is 5.75 Å². The third-order valence-corrected chi connectivity index (χ3v) is 3.10. The number of methoxy groups -OCH3 is 1. The highest BCUT2D eigenvalue weighted by molar-refractivity contribution is 5.68. The molecule has 0 aromatic heterocycles. The van der Waals surface area contributed by atoms with E-state index in [-0.39, 0.29) is 24.0 Å². The smallest absolute Gasteiger partial charge is 0.333 e. The van der Waals surface area contributed by atoms with Crippen molar-refractivity contribution in [3.63, 3.8) is 0 Å². The van der Waals surface area contributed by atoms with Gasteiger partial charge in [0.2, 0.25) is 0 Å². The third-order valence-electron chi connectivity index (χ3n) is 3.10. The summed E-state index contributed by atoms with van der Waals surface area (Å²) in [7, 11) is 1.41. The molecule has 6 nitrogen and oxygen atoms in total. The number of nitro benzene ring substituents is 1. The molecule has 2 N–H and O–H groups in total. The van der Waals surface area contributed by atoms with Gasteiger partial charge in [0.1, 0.15) is 5.69 Å². The Morgan fingerprint density at radius 2 is 2.26 bits per heavy atom. The van der Waals surface area contributed by atoms with Crippen molar-refractivity contribution >= 4 is 11.4 Å². The zero-order chi connectivity index (χ0) is 14.3. The van der Waals surface area contributed by atoms with Crippen molar-refractivity contribution in [2.24, 2.45) is 5.92 Å². The molecule has 6 heteroatoms. The average molecular weight is 268 g/mol. The Bertz CT molecular complexity index is 423. The molecular formula is C13H20N2O4. The molecule has 19 heavy (non-hydrogen) atoms. The number of para-hydroxylation sites is 1. The highest BCUT2D eigenvalue weighted by atomic mass is 16.6. The van der Waals surface area contributed by atoms with E-state index in [2.05, 4.69) is 5.32 Å². The van der Waals surface area contributed by atoms with Crippen molar-refractivity contribution in [3.05, 3.63) is 28.3 Å². The predicted molar refractivity (Wildman–Crippen MR) is 73.6 cm³/mol. The lowest BCUT2D eigenvalue weighted by atomic mass is 10.0. The first-order chi connectivity index (χ1) is 9.13. The Labute approximate surface area is 112 Å². The van der Waals surface area contributed by atoms with E-state index >= 15 is 0 Å². The van der Waals surface area contributed by atoms with Gasteiger partial charge in [0.05, 0.1) is 12.0 Å². The number of hydrogen-bond donors (Lipinski definition) is 2. The normalized spacial score (nSPS) is 11.9. The maximum atomic E-state index is 11.1. The van der Waals surface area contributed by atoms with Gasteiger partial charge >= 0.3 is 5.69 Å². The van der Waals surface area contributed by atoms with E-state index in [1.807, 2.05) is 6.92 Å². The Morgan fingerprint density at radius 3 is 2.79 bits per heavy atom. The molecule has 1 atom stereocenters. The molecule has 0 aliphatic heterocycles. The number of nitrogens with one attached hydrogen (secondary N) is 1. The fourth-order valence-electron chi connectivity index (χ4n) is 1.91. The third kappa shape index (κ3) is 4.10. The summed E-state index contributed by atoms with van der Waals surface area (Å²) in [6.07, 6.45) is 1.59. The largest absolute Gasteiger partial charge is 0.490 e. The molecule has 0 saturated carbocycles. The number of rotatable bonds is 8. The standard InChI is InChI=1S/C13H20N2O4/c1-3-10(7-8-16)9-14-11-5-4-6-12(19-2)13(11)15(17)18/h4-6,10,14,16H,3,7-9H2,1-2H3. The van der Waals surface area contributed by atoms with Crippen molar-refractivity contribution in [3.8, 4) is 5.75 Å². The maximum absolute atomic E-state index is 11.1. The minimum Gasteiger partial charge on any atom is -0.490 e. The first-order valence-corrected chi connectivity index (χ1v) is 6.30. The van der Waals surface area contributed by atoms with Gasteiger partial charge in [-0.25, -0.2) is 0 Å². The van der Waals surface area contributed by atoms with E-state index in [4.69, 9.17) is 9.84 Å². The Balaban J connectivity index is 2.85. The van der Waals surface area contributed by atoms with Gasteiger partial charge in [-0.2, -0.15) is 0 Å². The summed E-state index contributed by atoms with van der Waals surface area (Å²) in [6.45, 7) is 2.74. The van der Waals surface area contributed by atoms with Crippen LogP contribution in [0.5, 0.6) is 5.75 Å². The highest BCUT2D eigenvalue weighted by Gasteiger charge is 2.20. The summed E-state index contributed by atoms with van der Waals surface area (Å²) in [5.74, 6) is 0.529. The lowest BCUT2D eigenvalue weighted by Gasteiger charge is -2.15. The molecule has 1 aromatic rings. The number of nitro groups is 1. The van der Waals surface area contributed by atoms with Crippen LogP contribution in [0.15, 0.2) is 18.2 Å². The second-order valence-electron chi connectivity index (χ2n) is 4.28. The number of aliphatic hydroxyl groups is 1. The van der Waals surface area contributed by atoms with Crippen LogP contribution in [0.25, 0.3) is 0 Å². The van der Waals surface area contributed by atoms with E-state index in [0.717, 1.165) is 6.42 Å². The molecule has 1 rings (SSSR count). The van der Waals surface area contributed by atoms with Gasteiger partial charge in [0, 0.05) is 13.2 Å². The molecule has 0 fully saturated rings. The molecule has 0 amide bonds. The molecule has 0 aliphatic rings. The van der Waals surface area contributed by atoms with Crippen LogP contribution < -0.4 is 10.1 Å². The quantitative estimate of drug-likeness (QED) is 0.558. The number of aliphatic hydroxyl groups excluding tert-OH is 1. The highest BCUT2D eigenvalue weighted by Crippen LogP contribution is 2.34. The second-order valence-corrected chi connectivity index (χ2v) is 4.28. The summed E-state index contributed by atoms with van der Waals surface area (Å²) in [5, 5.41) is 23.1. The van der Waals surface area contributed by atoms with Crippen LogP contribution in [-0.2, 0) is 0 Å². The predicted octanol–water partition coefficient (Wildman–Crippen LogP) is 2.42. The monoisotopic (exact) mass is 268 g/mol. The van der Waals surface area contributed by atoms with Crippen LogP contribution in [-0.4, -0.2) is 30.3 Å². The van der Waals surface area contributed by atoms with Crippen LogP contribution in [0.4, 0.5) is 11.4 Å². The molecule has 0 radical (unpaired) electrons. The summed E-state index contributed by atoms with van der Waals surface area (Å²) >= 11 is 0. The Kier molecular flexibility index (Phi) is 6.08. The Hall–Kier alpha value is -1.82. The molecule has 0 spiro atoms. The number of benzene rings is 1. The molecule has 0 heterocycles. The van der Waals surface area contributed by atoms with Crippen molar-refractivity contribution < 1.29 is 14.8 Å². The first-order valence-electron chi connectivity index (χ1n) is 6.30. The van der Waals surface area contributed by atoms with E-state index in [1.54, 1.807) is 18.2 Å². The lowest BCUT2D eigenvalue weighted by Crippen LogP contribution is -2.15. The van der Waals surface area contributed by atoms with Crippen LogP contribution in [0.1, 0.15) is 19.8 Å². The second kappa shape index (κ2) is 7.58. The van der Waals surface area contributed by atoms with Gasteiger partial charge in [0.25, 0.3) is 0 Å². The van der Waals surface area contributed by atoms with Gasteiger partial charge < -0.3 is 15.2 Å². The number of ether oxygens (including phenoxy) is 1. The van der Waals surface area contributed by atoms with Gasteiger partial charge in [-0.05, 0) is 24.5 Å². The number of nitrogens with zero attached hydrogens (tertiary/aromatic N) is 1. The van der Waals surface area contributed by atoms with Crippen LogP contribution in [0, 0.1) is 16.0 Å². The molecule has 0 aliphatic carbocycles. The molecule has 0 bridgehead atoms. The fourth-order valence-corrected chi connectivity index (χ4v) is 1.91. The van der Waals surface area contributed by atoms with E-state index < -0.39 is 4.92 Å². The minimum atomic E-state index is -0.450. The van der Waals surface area contributed by atoms with E-state index in [0.29, 0.717) is 18.7 Å². The number of hydrogen-bond acceptors (Lipinski definition) is 5. The fraction of sp³-hybridized carbons (Fsp3) is 0.538. The van der Waals surface area contributed by atoms with Crippen molar-refractivity contribution in [2.45, 2.75) is 19.8 Å². The van der Waals surface area contributed by atoms with Gasteiger partial charge in [-0.3, -0.25) is 10.1 Å². The zero-order valence-electron chi connectivity index (χ0n) is 11.3. The van der Waals surface area contributed by atoms with Crippen molar-refractivity contribution in [2.75, 3.05) is 25.6 Å². The summed E-state index contributed by atoms with van der Waals surface area (Å²) < 4.78 is 5.01. The molecule has 1 aromatic carbocycles. The lowest BCUT2D eigenvalue weighted by molar-refractivity contribution is -0.384. The van der Waals surface area contributed by atoms with Crippen molar-refractivity contribution in [1.82, 2.24) is 0 Å². The molecule has 106 valence electrons. The maximum Gasteiger partial charge on any atom is 0.333 e. The Morgan fingerprint density at radius 1 is 1.53 bits per heavy atom. The SMILES string of the molecule is CCC(CCO)CNc1cccc(OC)c1[N+](=O)[O-]. The van der Waals surface area contributed by atoms with Crippen LogP contribution >= 0.6 is 0 Å². The van der Waals surface area contributed by atoms with E-state index in [1.165, 1.54) is 7.11 Å². The topological polar surface area (TPSA) is 84.6 Å². The minimum absolute atomic E-state index is 0.0520. The molecule has 0 saturated heterocycles. The van der Waals surface area contributed by atoms with Crippen LogP contribution in [0.3, 0.4) is 0 Å². The molecular weight excluding hydrogens is 248 g/mol. The summed E-state index contributed by atoms with van der Waals surface area (Å²) in [4.78, 5) is 10.6. The molecule has 1 unspecified atom stereocenters. The van der Waals surface area contributed by atoms with Crippen LogP contribution in [0.2, 0.25) is 0 Å². The van der Waals surface area contributed by atoms with E-state index in [9.17, 15) is 10.1 Å². The summed E-state index contributed by atoms with van der Waals surface area (Å²) in [5.41, 5.74) is 0.393. The number of anilines is 1. The summed E-state index contributed by atoms with van der Waals surface area (Å²) in [6, 6.07) is 4.93. The average Bonchev–Trinajstić information content (AvgIpc) is 2.42. The van der Waals surface area contributed by atoms with Gasteiger partial charge in [-0.15, -0.1) is 0 Å². The zero-order valence-corrected chi connectivity index (χ0v) is 11.3. The van der Waals surface area contributed by atoms with Crippen molar-refractivity contribution in [1.29, 1.82) is 0 Å².